The molecule has 1 saturated heterocycles. The lowest BCUT2D eigenvalue weighted by Gasteiger charge is -2.45. The predicted octanol–water partition coefficient (Wildman–Crippen LogP) is 4.09. The van der Waals surface area contributed by atoms with Crippen LogP contribution in [0.3, 0.4) is 0 Å². The summed E-state index contributed by atoms with van der Waals surface area (Å²) in [7, 11) is 0. The summed E-state index contributed by atoms with van der Waals surface area (Å²) in [6.07, 6.45) is 8.56. The van der Waals surface area contributed by atoms with Crippen LogP contribution < -0.4 is 0 Å². The Morgan fingerprint density at radius 2 is 2.15 bits per heavy atom. The number of piperidine rings is 1. The molecule has 0 unspecified atom stereocenters. The van der Waals surface area contributed by atoms with Crippen LogP contribution in [0.25, 0.3) is 17.1 Å². The highest BCUT2D eigenvalue weighted by molar-refractivity contribution is 6.31. The smallest absolute Gasteiger partial charge is 0.0571 e. The minimum Gasteiger partial charge on any atom is -0.319 e. The molecule has 5 rings (SSSR count). The third-order valence-electron chi connectivity index (χ3n) is 5.31. The van der Waals surface area contributed by atoms with Crippen LogP contribution in [0, 0.1) is 5.92 Å². The first-order valence-electron chi connectivity index (χ1n) is 7.57. The normalized spacial score (nSPS) is 27.9. The van der Waals surface area contributed by atoms with Crippen molar-refractivity contribution >= 4 is 28.7 Å². The van der Waals surface area contributed by atoms with Crippen molar-refractivity contribution < 1.29 is 0 Å². The molecule has 2 nitrogen and oxygen atoms in total. The van der Waals surface area contributed by atoms with Gasteiger partial charge < -0.3 is 4.57 Å². The SMILES string of the molecule is Clc1ccc2c(c1)c1c3n2C=C[C@H]2CCCN(CC1)[C@@H]32. The number of hydrogen-bond donors (Lipinski definition) is 0. The average Bonchev–Trinajstić information content (AvgIpc) is 2.80. The molecule has 2 atom stereocenters. The Balaban J connectivity index is 1.86. The predicted molar refractivity (Wildman–Crippen MR) is 83.0 cm³/mol. The molecule has 1 fully saturated rings. The zero-order valence-corrected chi connectivity index (χ0v) is 12.1. The highest BCUT2D eigenvalue weighted by Gasteiger charge is 2.40. The molecule has 1 aromatic carbocycles. The van der Waals surface area contributed by atoms with Crippen molar-refractivity contribution in [3.63, 3.8) is 0 Å². The van der Waals surface area contributed by atoms with E-state index in [-0.39, 0.29) is 0 Å². The third kappa shape index (κ3) is 1.34. The van der Waals surface area contributed by atoms with E-state index in [0.29, 0.717) is 12.0 Å². The van der Waals surface area contributed by atoms with Crippen LogP contribution in [0.1, 0.15) is 30.1 Å². The van der Waals surface area contributed by atoms with Crippen LogP contribution >= 0.6 is 11.6 Å². The Kier molecular flexibility index (Phi) is 2.22. The van der Waals surface area contributed by atoms with Crippen molar-refractivity contribution in [1.82, 2.24) is 9.47 Å². The van der Waals surface area contributed by atoms with Crippen molar-refractivity contribution in [2.75, 3.05) is 13.1 Å². The zero-order valence-electron chi connectivity index (χ0n) is 11.3. The van der Waals surface area contributed by atoms with Crippen molar-refractivity contribution in [3.8, 4) is 0 Å². The van der Waals surface area contributed by atoms with Gasteiger partial charge in [-0.2, -0.15) is 0 Å². The van der Waals surface area contributed by atoms with Crippen molar-refractivity contribution in [2.24, 2.45) is 5.92 Å². The summed E-state index contributed by atoms with van der Waals surface area (Å²) in [6, 6.07) is 6.94. The lowest BCUT2D eigenvalue weighted by Crippen LogP contribution is -2.44. The van der Waals surface area contributed by atoms with E-state index in [1.807, 2.05) is 6.07 Å². The van der Waals surface area contributed by atoms with Gasteiger partial charge in [0.25, 0.3) is 0 Å². The standard InChI is InChI=1S/C17H17ClN2/c18-12-3-4-15-14(10-12)13-6-8-19-7-1-2-11-5-9-20(15)17(13)16(11)19/h3-5,9-11,16H,1-2,6-8H2/t11-,16-/m1/s1. The second-order valence-corrected chi connectivity index (χ2v) is 6.71. The molecule has 20 heavy (non-hydrogen) atoms. The maximum absolute atomic E-state index is 6.22. The second-order valence-electron chi connectivity index (χ2n) is 6.27. The molecule has 2 aromatic rings. The number of aromatic nitrogens is 1. The lowest BCUT2D eigenvalue weighted by atomic mass is 9.81. The van der Waals surface area contributed by atoms with Gasteiger partial charge in [-0.3, -0.25) is 4.90 Å². The van der Waals surface area contributed by atoms with Crippen LogP contribution in [-0.2, 0) is 6.42 Å². The monoisotopic (exact) mass is 284 g/mol. The third-order valence-corrected chi connectivity index (χ3v) is 5.54. The fraction of sp³-hybridized carbons (Fsp3) is 0.412. The van der Waals surface area contributed by atoms with Gasteiger partial charge in [-0.05, 0) is 55.5 Å². The molecule has 0 spiro atoms. The number of fused-ring (bicyclic) bond motifs is 3. The summed E-state index contributed by atoms with van der Waals surface area (Å²) >= 11 is 6.22. The molecule has 0 bridgehead atoms. The molecular weight excluding hydrogens is 268 g/mol. The first-order valence-corrected chi connectivity index (χ1v) is 7.95. The number of halogens is 1. The maximum atomic E-state index is 6.22. The van der Waals surface area contributed by atoms with E-state index in [4.69, 9.17) is 11.6 Å². The molecule has 4 heterocycles. The lowest BCUT2D eigenvalue weighted by molar-refractivity contribution is 0.0982. The molecule has 0 radical (unpaired) electrons. The molecule has 102 valence electrons. The molecule has 0 aliphatic carbocycles. The molecule has 0 saturated carbocycles. The van der Waals surface area contributed by atoms with Gasteiger partial charge in [0.15, 0.2) is 0 Å². The molecule has 1 aromatic heterocycles. The molecule has 3 aliphatic rings. The highest BCUT2D eigenvalue weighted by atomic mass is 35.5. The first kappa shape index (κ1) is 11.4. The van der Waals surface area contributed by atoms with Gasteiger partial charge in [-0.15, -0.1) is 0 Å². The van der Waals surface area contributed by atoms with E-state index in [2.05, 4.69) is 33.9 Å². The van der Waals surface area contributed by atoms with Gasteiger partial charge in [0.1, 0.15) is 0 Å². The minimum atomic E-state index is 0.601. The van der Waals surface area contributed by atoms with Crippen LogP contribution in [-0.4, -0.2) is 22.6 Å². The minimum absolute atomic E-state index is 0.601. The van der Waals surface area contributed by atoms with Crippen LogP contribution in [0.2, 0.25) is 5.02 Å². The molecule has 0 amide bonds. The van der Waals surface area contributed by atoms with E-state index in [1.165, 1.54) is 36.8 Å². The summed E-state index contributed by atoms with van der Waals surface area (Å²) in [4.78, 5) is 2.69. The van der Waals surface area contributed by atoms with Gasteiger partial charge in [0, 0.05) is 28.8 Å². The zero-order chi connectivity index (χ0) is 13.3. The van der Waals surface area contributed by atoms with Gasteiger partial charge in [-0.25, -0.2) is 0 Å². The van der Waals surface area contributed by atoms with Crippen LogP contribution in [0.15, 0.2) is 24.3 Å². The van der Waals surface area contributed by atoms with Crippen LogP contribution in [0.4, 0.5) is 0 Å². The Hall–Kier alpha value is -1.25. The quantitative estimate of drug-likeness (QED) is 0.707. The molecular formula is C17H17ClN2. The number of hydrogen-bond acceptors (Lipinski definition) is 1. The molecule has 3 aliphatic heterocycles. The van der Waals surface area contributed by atoms with E-state index in [0.717, 1.165) is 11.4 Å². The fourth-order valence-corrected chi connectivity index (χ4v) is 4.67. The Morgan fingerprint density at radius 3 is 3.10 bits per heavy atom. The van der Waals surface area contributed by atoms with E-state index >= 15 is 0 Å². The van der Waals surface area contributed by atoms with Gasteiger partial charge in [-0.1, -0.05) is 17.7 Å². The summed E-state index contributed by atoms with van der Waals surface area (Å²) in [5, 5.41) is 2.21. The summed E-state index contributed by atoms with van der Waals surface area (Å²) in [5.41, 5.74) is 4.40. The number of rotatable bonds is 0. The van der Waals surface area contributed by atoms with Crippen molar-refractivity contribution in [3.05, 3.63) is 40.6 Å². The molecule has 0 N–H and O–H groups in total. The number of nitrogens with zero attached hydrogens (tertiary/aromatic N) is 2. The van der Waals surface area contributed by atoms with E-state index < -0.39 is 0 Å². The maximum Gasteiger partial charge on any atom is 0.0571 e. The summed E-state index contributed by atoms with van der Waals surface area (Å²) in [5.74, 6) is 0.704. The van der Waals surface area contributed by atoms with Crippen molar-refractivity contribution in [2.45, 2.75) is 25.3 Å². The van der Waals surface area contributed by atoms with Gasteiger partial charge in [0.05, 0.1) is 11.6 Å². The topological polar surface area (TPSA) is 8.17 Å². The summed E-state index contributed by atoms with van der Waals surface area (Å²) in [6.45, 7) is 2.46. The Bertz CT molecular complexity index is 743. The van der Waals surface area contributed by atoms with Gasteiger partial charge in [0.2, 0.25) is 0 Å². The largest absolute Gasteiger partial charge is 0.319 e. The Morgan fingerprint density at radius 1 is 1.20 bits per heavy atom. The molecule has 3 heteroatoms. The van der Waals surface area contributed by atoms with E-state index in [1.54, 1.807) is 11.3 Å². The van der Waals surface area contributed by atoms with Crippen LogP contribution in [0.5, 0.6) is 0 Å². The summed E-state index contributed by atoms with van der Waals surface area (Å²) < 4.78 is 2.42. The van der Waals surface area contributed by atoms with Gasteiger partial charge >= 0.3 is 0 Å². The first-order chi connectivity index (χ1) is 9.83. The highest BCUT2D eigenvalue weighted by Crippen LogP contribution is 2.47. The Labute approximate surface area is 123 Å². The second kappa shape index (κ2) is 3.90. The van der Waals surface area contributed by atoms with Crippen molar-refractivity contribution in [1.29, 1.82) is 0 Å². The van der Waals surface area contributed by atoms with E-state index in [9.17, 15) is 0 Å². The fourth-order valence-electron chi connectivity index (χ4n) is 4.50. The number of benzene rings is 1. The average molecular weight is 285 g/mol.